The van der Waals surface area contributed by atoms with Gasteiger partial charge in [-0.2, -0.15) is 0 Å². The quantitative estimate of drug-likeness (QED) is 0.150. The number of fused-ring (bicyclic) bond motifs is 2. The number of benzene rings is 6. The number of hydrogen-bond donors (Lipinski definition) is 0. The Morgan fingerprint density at radius 3 is 1.23 bits per heavy atom. The van der Waals surface area contributed by atoms with Gasteiger partial charge in [0.1, 0.15) is 0 Å². The first-order valence-electron chi connectivity index (χ1n) is 18.7. The van der Waals surface area contributed by atoms with Crippen molar-refractivity contribution >= 4 is 40.1 Å². The highest BCUT2D eigenvalue weighted by molar-refractivity contribution is 7.86. The van der Waals surface area contributed by atoms with Crippen LogP contribution in [0.1, 0.15) is 0 Å². The Morgan fingerprint density at radius 2 is 0.789 bits per heavy atom. The summed E-state index contributed by atoms with van der Waals surface area (Å²) in [5, 5.41) is 2.28. The molecule has 7 nitrogen and oxygen atoms in total. The van der Waals surface area contributed by atoms with E-state index in [0.29, 0.717) is 17.5 Å². The van der Waals surface area contributed by atoms with Crippen LogP contribution in [0.2, 0.25) is 0 Å². The zero-order valence-corrected chi connectivity index (χ0v) is 31.5. The van der Waals surface area contributed by atoms with Crippen LogP contribution in [-0.2, 0) is 4.57 Å². The molecule has 57 heavy (non-hydrogen) atoms. The fourth-order valence-corrected chi connectivity index (χ4v) is 10.6. The Bertz CT molecular complexity index is 2760. The molecule has 0 saturated carbocycles. The van der Waals surface area contributed by atoms with Crippen molar-refractivity contribution in [3.05, 3.63) is 201 Å². The molecular weight excluding hydrogens is 720 g/mol. The lowest BCUT2D eigenvalue weighted by Gasteiger charge is -2.38. The summed E-state index contributed by atoms with van der Waals surface area (Å²) in [6, 6.07) is 58.5. The molecule has 0 radical (unpaired) electrons. The van der Waals surface area contributed by atoms with E-state index in [1.807, 2.05) is 140 Å². The van der Waals surface area contributed by atoms with Crippen molar-refractivity contribution in [1.29, 1.82) is 0 Å². The third-order valence-corrected chi connectivity index (χ3v) is 13.4. The molecule has 270 valence electrons. The molecule has 0 atom stereocenters. The summed E-state index contributed by atoms with van der Waals surface area (Å²) in [5.41, 5.74) is 9.07. The summed E-state index contributed by atoms with van der Waals surface area (Å²) in [5.74, 6) is 1.78. The normalized spacial score (nSPS) is 12.7. The smallest absolute Gasteiger partial charge is 0.175 e. The molecule has 0 fully saturated rings. The molecule has 3 aromatic heterocycles. The van der Waals surface area contributed by atoms with Crippen LogP contribution in [0.4, 0.5) is 17.1 Å². The molecule has 0 aliphatic carbocycles. The molecule has 0 amide bonds. The van der Waals surface area contributed by atoms with Gasteiger partial charge in [-0.1, -0.05) is 115 Å². The maximum Gasteiger partial charge on any atom is 0.175 e. The molecule has 6 aromatic carbocycles. The van der Waals surface area contributed by atoms with Crippen molar-refractivity contribution in [2.24, 2.45) is 0 Å². The predicted molar refractivity (Wildman–Crippen MR) is 230 cm³/mol. The molecule has 9 aromatic rings. The summed E-state index contributed by atoms with van der Waals surface area (Å²) in [6.45, 7) is 0. The number of hydrogen-bond acceptors (Lipinski definition) is 7. The molecule has 0 saturated heterocycles. The van der Waals surface area contributed by atoms with Crippen LogP contribution in [0, 0.1) is 0 Å². The van der Waals surface area contributed by atoms with E-state index in [-0.39, 0.29) is 0 Å². The van der Waals surface area contributed by atoms with Gasteiger partial charge in [-0.3, -0.25) is 9.97 Å². The van der Waals surface area contributed by atoms with E-state index in [1.165, 1.54) is 0 Å². The average Bonchev–Trinajstić information content (AvgIpc) is 3.30. The third-order valence-electron chi connectivity index (χ3n) is 10.3. The number of anilines is 3. The van der Waals surface area contributed by atoms with E-state index in [1.54, 1.807) is 12.4 Å². The first kappa shape index (κ1) is 34.2. The molecule has 0 spiro atoms. The molecule has 1 aliphatic rings. The van der Waals surface area contributed by atoms with Crippen LogP contribution >= 0.6 is 7.14 Å². The summed E-state index contributed by atoms with van der Waals surface area (Å²) in [4.78, 5) is 25.8. The topological polar surface area (TPSA) is 84.8 Å². The minimum absolute atomic E-state index is 0.574. The van der Waals surface area contributed by atoms with Crippen LogP contribution in [0.15, 0.2) is 201 Å². The molecule has 0 bridgehead atoms. The predicted octanol–water partition coefficient (Wildman–Crippen LogP) is 10.4. The minimum atomic E-state index is -3.43. The zero-order valence-electron chi connectivity index (χ0n) is 30.6. The number of nitrogens with zero attached hydrogens (tertiary/aromatic N) is 6. The second-order valence-corrected chi connectivity index (χ2v) is 16.5. The second-order valence-electron chi connectivity index (χ2n) is 13.8. The van der Waals surface area contributed by atoms with Gasteiger partial charge in [0.25, 0.3) is 0 Å². The Kier molecular flexibility index (Phi) is 8.62. The van der Waals surface area contributed by atoms with E-state index < -0.39 is 7.14 Å². The largest absolute Gasteiger partial charge is 0.309 e. The lowest BCUT2D eigenvalue weighted by atomic mass is 10.0. The van der Waals surface area contributed by atoms with Gasteiger partial charge in [0.2, 0.25) is 0 Å². The fraction of sp³-hybridized carbons (Fsp3) is 0. The first-order chi connectivity index (χ1) is 28.1. The van der Waals surface area contributed by atoms with E-state index in [0.717, 1.165) is 71.9 Å². The first-order valence-corrected chi connectivity index (χ1v) is 20.4. The highest BCUT2D eigenvalue weighted by Crippen LogP contribution is 2.55. The van der Waals surface area contributed by atoms with E-state index >= 15 is 4.57 Å². The van der Waals surface area contributed by atoms with E-state index in [4.69, 9.17) is 15.0 Å². The summed E-state index contributed by atoms with van der Waals surface area (Å²) < 4.78 is 16.3. The van der Waals surface area contributed by atoms with Gasteiger partial charge in [-0.05, 0) is 71.8 Å². The van der Waals surface area contributed by atoms with Gasteiger partial charge in [0, 0.05) is 74.2 Å². The standard InChI is InChI=1S/C49H33N6OP/c56-57(42-18-8-3-9-19-42)45-30-37(39-16-10-28-50-32-39)22-26-43(45)55(44-27-23-38(31-46(44)57)40-17-11-29-51-33-40)41-24-20-36(21-25-41)49-53-47(34-12-4-1-5-13-34)52-48(54-49)35-14-6-2-7-15-35/h1-33H. The van der Waals surface area contributed by atoms with Gasteiger partial charge in [-0.25, -0.2) is 15.0 Å². The van der Waals surface area contributed by atoms with Crippen molar-refractivity contribution in [3.8, 4) is 56.4 Å². The van der Waals surface area contributed by atoms with E-state index in [2.05, 4.69) is 63.4 Å². The molecule has 1 aliphatic heterocycles. The highest BCUT2D eigenvalue weighted by atomic mass is 31.2. The Hall–Kier alpha value is -7.34. The Balaban J connectivity index is 1.16. The summed E-state index contributed by atoms with van der Waals surface area (Å²) >= 11 is 0. The van der Waals surface area contributed by atoms with Crippen molar-refractivity contribution in [3.63, 3.8) is 0 Å². The van der Waals surface area contributed by atoms with Crippen molar-refractivity contribution in [1.82, 2.24) is 24.9 Å². The third kappa shape index (κ3) is 6.21. The van der Waals surface area contributed by atoms with Crippen molar-refractivity contribution in [2.45, 2.75) is 0 Å². The number of aromatic nitrogens is 5. The van der Waals surface area contributed by atoms with Crippen LogP contribution < -0.4 is 20.8 Å². The second kappa shape index (κ2) is 14.4. The fourth-order valence-electron chi connectivity index (χ4n) is 7.51. The monoisotopic (exact) mass is 752 g/mol. The SMILES string of the molecule is O=P1(c2ccccc2)c2cc(-c3cccnc3)ccc2N(c2ccc(-c3nc(-c4ccccc4)nc(-c4ccccc4)n3)cc2)c2ccc(-c3cccnc3)cc21. The van der Waals surface area contributed by atoms with Gasteiger partial charge in [0.15, 0.2) is 24.6 Å². The number of pyridine rings is 2. The highest BCUT2D eigenvalue weighted by Gasteiger charge is 2.41. The van der Waals surface area contributed by atoms with Gasteiger partial charge in [-0.15, -0.1) is 0 Å². The molecule has 0 N–H and O–H groups in total. The van der Waals surface area contributed by atoms with Gasteiger partial charge >= 0.3 is 0 Å². The van der Waals surface area contributed by atoms with Crippen LogP contribution in [-0.4, -0.2) is 24.9 Å². The molecule has 0 unspecified atom stereocenters. The molecule has 4 heterocycles. The van der Waals surface area contributed by atoms with Gasteiger partial charge < -0.3 is 9.46 Å². The van der Waals surface area contributed by atoms with Crippen molar-refractivity contribution in [2.75, 3.05) is 4.90 Å². The van der Waals surface area contributed by atoms with Crippen LogP contribution in [0.25, 0.3) is 56.4 Å². The Morgan fingerprint density at radius 1 is 0.386 bits per heavy atom. The lowest BCUT2D eigenvalue weighted by Crippen LogP contribution is -2.36. The van der Waals surface area contributed by atoms with Crippen LogP contribution in [0.5, 0.6) is 0 Å². The van der Waals surface area contributed by atoms with Gasteiger partial charge in [0.05, 0.1) is 11.4 Å². The summed E-state index contributed by atoms with van der Waals surface area (Å²) in [7, 11) is -3.43. The molecule has 8 heteroatoms. The number of rotatable bonds is 7. The molecular formula is C49H33N6OP. The molecule has 10 rings (SSSR count). The zero-order chi connectivity index (χ0) is 38.2. The lowest BCUT2D eigenvalue weighted by molar-refractivity contribution is 0.592. The van der Waals surface area contributed by atoms with Crippen LogP contribution in [0.3, 0.4) is 0 Å². The summed E-state index contributed by atoms with van der Waals surface area (Å²) in [6.07, 6.45) is 7.22. The average molecular weight is 753 g/mol. The maximum absolute atomic E-state index is 16.3. The maximum atomic E-state index is 16.3. The van der Waals surface area contributed by atoms with E-state index in [9.17, 15) is 0 Å². The van der Waals surface area contributed by atoms with Crippen molar-refractivity contribution < 1.29 is 4.57 Å². The minimum Gasteiger partial charge on any atom is -0.309 e. The Labute approximate surface area is 330 Å².